The predicted molar refractivity (Wildman–Crippen MR) is 125 cm³/mol. The van der Waals surface area contributed by atoms with Crippen LogP contribution in [0.15, 0.2) is 30.3 Å². The number of nitrogen functional groups attached to an aromatic ring is 1. The first-order valence-corrected chi connectivity index (χ1v) is 11.3. The van der Waals surface area contributed by atoms with E-state index in [1.54, 1.807) is 6.92 Å². The number of thiazole rings is 1. The van der Waals surface area contributed by atoms with Crippen molar-refractivity contribution in [3.8, 4) is 0 Å². The first-order chi connectivity index (χ1) is 14.8. The maximum absolute atomic E-state index is 12.9. The molecule has 1 aliphatic rings. The Bertz CT molecular complexity index is 1120. The van der Waals surface area contributed by atoms with Gasteiger partial charge >= 0.3 is 5.00 Å². The monoisotopic (exact) mass is 458 g/mol. The van der Waals surface area contributed by atoms with Gasteiger partial charge in [-0.2, -0.15) is 0 Å². The van der Waals surface area contributed by atoms with Crippen LogP contribution in [0, 0.1) is 17.0 Å². The molecule has 3 aromatic rings. The molecule has 1 saturated heterocycles. The van der Waals surface area contributed by atoms with Crippen molar-refractivity contribution in [1.82, 2.24) is 9.88 Å². The van der Waals surface area contributed by atoms with E-state index < -0.39 is 4.92 Å². The number of piperazine rings is 1. The average molecular weight is 459 g/mol. The van der Waals surface area contributed by atoms with Crippen molar-refractivity contribution in [2.24, 2.45) is 0 Å². The number of nitrogens with zero attached hydrogens (tertiary/aromatic N) is 4. The van der Waals surface area contributed by atoms with Gasteiger partial charge in [0.05, 0.1) is 9.80 Å². The lowest BCUT2D eigenvalue weighted by Gasteiger charge is -2.34. The number of carbonyl (C=O) groups is 1. The van der Waals surface area contributed by atoms with Gasteiger partial charge in [-0.1, -0.05) is 22.7 Å². The minimum atomic E-state index is -0.497. The normalized spacial score (nSPS) is 14.6. The van der Waals surface area contributed by atoms with Crippen LogP contribution in [0.25, 0.3) is 0 Å². The molecule has 9 nitrogen and oxygen atoms in total. The summed E-state index contributed by atoms with van der Waals surface area (Å²) in [6.07, 6.45) is 0. The first-order valence-electron chi connectivity index (χ1n) is 9.68. The largest absolute Gasteiger partial charge is 0.382 e. The molecule has 2 aromatic heterocycles. The van der Waals surface area contributed by atoms with E-state index in [1.807, 2.05) is 12.1 Å². The van der Waals surface area contributed by atoms with Gasteiger partial charge in [-0.15, -0.1) is 0 Å². The second-order valence-electron chi connectivity index (χ2n) is 7.38. The number of nitro groups is 1. The number of likely N-dealkylation sites (N-methyl/N-ethyl adjacent to an activating group) is 1. The Balaban J connectivity index is 1.48. The molecule has 4 rings (SSSR count). The van der Waals surface area contributed by atoms with E-state index in [0.717, 1.165) is 54.5 Å². The van der Waals surface area contributed by atoms with Crippen LogP contribution in [0.4, 0.5) is 27.3 Å². The molecule has 0 unspecified atom stereocenters. The number of anilines is 4. The van der Waals surface area contributed by atoms with Crippen LogP contribution in [-0.4, -0.2) is 53.8 Å². The van der Waals surface area contributed by atoms with Gasteiger partial charge in [-0.3, -0.25) is 14.9 Å². The highest BCUT2D eigenvalue weighted by atomic mass is 32.1. The van der Waals surface area contributed by atoms with Gasteiger partial charge in [0.1, 0.15) is 10.7 Å². The van der Waals surface area contributed by atoms with E-state index in [4.69, 9.17) is 5.73 Å². The maximum Gasteiger partial charge on any atom is 0.325 e. The summed E-state index contributed by atoms with van der Waals surface area (Å²) in [6.45, 7) is 5.76. The Labute approximate surface area is 187 Å². The number of carbonyl (C=O) groups excluding carboxylic acids is 1. The third kappa shape index (κ3) is 4.53. The van der Waals surface area contributed by atoms with E-state index in [2.05, 4.69) is 39.3 Å². The number of aromatic nitrogens is 1. The quantitative estimate of drug-likeness (QED) is 0.326. The summed E-state index contributed by atoms with van der Waals surface area (Å²) in [4.78, 5) is 32.9. The number of hydrogen-bond donors (Lipinski definition) is 2. The highest BCUT2D eigenvalue weighted by molar-refractivity contribution is 7.21. The van der Waals surface area contributed by atoms with E-state index >= 15 is 0 Å². The second kappa shape index (κ2) is 8.61. The van der Waals surface area contributed by atoms with Crippen LogP contribution in [0.2, 0.25) is 0 Å². The average Bonchev–Trinajstić information content (AvgIpc) is 3.31. The van der Waals surface area contributed by atoms with Crippen molar-refractivity contribution >= 4 is 55.8 Å². The zero-order chi connectivity index (χ0) is 22.1. The summed E-state index contributed by atoms with van der Waals surface area (Å²) >= 11 is 1.99. The van der Waals surface area contributed by atoms with Gasteiger partial charge in [-0.05, 0) is 43.8 Å². The highest BCUT2D eigenvalue weighted by Gasteiger charge is 2.25. The first kappa shape index (κ1) is 21.2. The van der Waals surface area contributed by atoms with Crippen LogP contribution >= 0.6 is 22.7 Å². The standard InChI is InChI=1S/C20H22N6O3S2/c1-12-11-15(26(28)29)30-17(12)16(27)18-19(21)23-20(31-18)22-13-3-5-14(6-4-13)25-9-7-24(2)8-10-25/h3-6,11H,7-10,21H2,1-2H3,(H,22,23). The van der Waals surface area contributed by atoms with E-state index in [-0.39, 0.29) is 21.5 Å². The molecule has 3 N–H and O–H groups in total. The van der Waals surface area contributed by atoms with Crippen molar-refractivity contribution in [1.29, 1.82) is 0 Å². The van der Waals surface area contributed by atoms with Crippen molar-refractivity contribution in [3.63, 3.8) is 0 Å². The second-order valence-corrected chi connectivity index (χ2v) is 9.41. The molecule has 11 heteroatoms. The Morgan fingerprint density at radius 3 is 2.45 bits per heavy atom. The van der Waals surface area contributed by atoms with Crippen molar-refractivity contribution in [2.75, 3.05) is 49.2 Å². The number of thiophene rings is 1. The van der Waals surface area contributed by atoms with Gasteiger partial charge in [-0.25, -0.2) is 4.98 Å². The number of benzene rings is 1. The maximum atomic E-state index is 12.9. The molecule has 3 heterocycles. The molecule has 31 heavy (non-hydrogen) atoms. The molecule has 0 amide bonds. The van der Waals surface area contributed by atoms with Crippen LogP contribution in [0.1, 0.15) is 20.1 Å². The molecule has 1 aliphatic heterocycles. The fraction of sp³-hybridized carbons (Fsp3) is 0.300. The van der Waals surface area contributed by atoms with Gasteiger partial charge < -0.3 is 20.9 Å². The molecule has 1 fully saturated rings. The van der Waals surface area contributed by atoms with E-state index in [0.29, 0.717) is 15.6 Å². The minimum Gasteiger partial charge on any atom is -0.382 e. The summed E-state index contributed by atoms with van der Waals surface area (Å²) in [6, 6.07) is 9.46. The number of ketones is 1. The van der Waals surface area contributed by atoms with Gasteiger partial charge in [0, 0.05) is 43.6 Å². The van der Waals surface area contributed by atoms with Crippen LogP contribution in [0.5, 0.6) is 0 Å². The minimum absolute atomic E-state index is 0.0669. The van der Waals surface area contributed by atoms with E-state index in [1.165, 1.54) is 11.8 Å². The number of nitrogens with two attached hydrogens (primary N) is 1. The third-order valence-electron chi connectivity index (χ3n) is 5.14. The topological polar surface area (TPSA) is 118 Å². The molecule has 0 radical (unpaired) electrons. The number of rotatable bonds is 6. The van der Waals surface area contributed by atoms with E-state index in [9.17, 15) is 14.9 Å². The molecule has 0 bridgehead atoms. The lowest BCUT2D eigenvalue weighted by atomic mass is 10.2. The molecule has 0 saturated carbocycles. The van der Waals surface area contributed by atoms with Crippen molar-refractivity contribution < 1.29 is 9.72 Å². The fourth-order valence-corrected chi connectivity index (χ4v) is 5.23. The summed E-state index contributed by atoms with van der Waals surface area (Å²) in [5.41, 5.74) is 8.55. The van der Waals surface area contributed by atoms with Crippen molar-refractivity contribution in [3.05, 3.63) is 55.8 Å². The Morgan fingerprint density at radius 1 is 1.16 bits per heavy atom. The number of hydrogen-bond acceptors (Lipinski definition) is 10. The Kier molecular flexibility index (Phi) is 5.90. The van der Waals surface area contributed by atoms with Crippen LogP contribution in [0.3, 0.4) is 0 Å². The van der Waals surface area contributed by atoms with Crippen molar-refractivity contribution in [2.45, 2.75) is 6.92 Å². The third-order valence-corrected chi connectivity index (χ3v) is 7.31. The summed E-state index contributed by atoms with van der Waals surface area (Å²) in [5.74, 6) is -0.230. The molecule has 0 aliphatic carbocycles. The molecule has 0 spiro atoms. The molecular weight excluding hydrogens is 436 g/mol. The summed E-state index contributed by atoms with van der Waals surface area (Å²) in [7, 11) is 2.13. The number of nitrogens with one attached hydrogen (secondary N) is 1. The lowest BCUT2D eigenvalue weighted by molar-refractivity contribution is -0.380. The summed E-state index contributed by atoms with van der Waals surface area (Å²) < 4.78 is 0. The molecule has 0 atom stereocenters. The SMILES string of the molecule is Cc1cc([N+](=O)[O-])sc1C(=O)c1sc(Nc2ccc(N3CCN(C)CC3)cc2)nc1N. The van der Waals surface area contributed by atoms with Crippen LogP contribution < -0.4 is 16.0 Å². The Morgan fingerprint density at radius 2 is 1.84 bits per heavy atom. The van der Waals surface area contributed by atoms with Gasteiger partial charge in [0.25, 0.3) is 0 Å². The zero-order valence-corrected chi connectivity index (χ0v) is 18.8. The molecule has 162 valence electrons. The Hall–Kier alpha value is -3.02. The van der Waals surface area contributed by atoms with Gasteiger partial charge in [0.2, 0.25) is 5.78 Å². The predicted octanol–water partition coefficient (Wildman–Crippen LogP) is 3.73. The number of aryl methyl sites for hydroxylation is 1. The summed E-state index contributed by atoms with van der Waals surface area (Å²) in [5, 5.41) is 14.6. The molecule has 1 aromatic carbocycles. The molecular formula is C20H22N6O3S2. The lowest BCUT2D eigenvalue weighted by Crippen LogP contribution is -2.44. The van der Waals surface area contributed by atoms with Crippen LogP contribution in [-0.2, 0) is 0 Å². The fourth-order valence-electron chi connectivity index (χ4n) is 3.38. The zero-order valence-electron chi connectivity index (χ0n) is 17.1. The highest BCUT2D eigenvalue weighted by Crippen LogP contribution is 2.35. The van der Waals surface area contributed by atoms with Gasteiger partial charge in [0.15, 0.2) is 5.13 Å². The smallest absolute Gasteiger partial charge is 0.325 e.